The van der Waals surface area contributed by atoms with Crippen molar-refractivity contribution in [3.05, 3.63) is 41.2 Å². The van der Waals surface area contributed by atoms with Crippen LogP contribution in [0, 0.1) is 0 Å². The van der Waals surface area contributed by atoms with Crippen LogP contribution in [0.5, 0.6) is 11.5 Å². The molecule has 26 heavy (non-hydrogen) atoms. The van der Waals surface area contributed by atoms with E-state index >= 15 is 0 Å². The molecule has 1 aromatic heterocycles. The number of hydrogen-bond donors (Lipinski definition) is 2. The Morgan fingerprint density at radius 1 is 1.15 bits per heavy atom. The summed E-state index contributed by atoms with van der Waals surface area (Å²) in [4.78, 5) is 16.3. The molecule has 2 rings (SSSR count). The lowest BCUT2D eigenvalue weighted by molar-refractivity contribution is 0.0948. The predicted molar refractivity (Wildman–Crippen MR) is 104 cm³/mol. The number of rotatable bonds is 9. The topological polar surface area (TPSA) is 72.5 Å². The summed E-state index contributed by atoms with van der Waals surface area (Å²) >= 11 is 6.11. The number of hydrogen-bond acceptors (Lipinski definition) is 5. The highest BCUT2D eigenvalue weighted by molar-refractivity contribution is 6.32. The van der Waals surface area contributed by atoms with Crippen LogP contribution in [0.25, 0.3) is 0 Å². The number of amides is 1. The molecule has 140 valence electrons. The van der Waals surface area contributed by atoms with Crippen LogP contribution in [-0.4, -0.2) is 31.7 Å². The molecule has 0 saturated heterocycles. The van der Waals surface area contributed by atoms with Gasteiger partial charge < -0.3 is 20.1 Å². The first-order valence-corrected chi connectivity index (χ1v) is 8.89. The largest absolute Gasteiger partial charge is 0.495 e. The molecule has 7 heteroatoms. The second-order valence-corrected chi connectivity index (χ2v) is 6.11. The molecule has 0 saturated carbocycles. The van der Waals surface area contributed by atoms with E-state index in [-0.39, 0.29) is 5.91 Å². The molecule has 0 aliphatic carbocycles. The van der Waals surface area contributed by atoms with Gasteiger partial charge in [-0.3, -0.25) is 4.79 Å². The minimum atomic E-state index is -0.168. The molecule has 6 nitrogen and oxygen atoms in total. The summed E-state index contributed by atoms with van der Waals surface area (Å²) in [5.41, 5.74) is 1.79. The molecule has 0 fully saturated rings. The average Bonchev–Trinajstić information content (AvgIpc) is 2.66. The van der Waals surface area contributed by atoms with Gasteiger partial charge in [0, 0.05) is 18.7 Å². The average molecular weight is 378 g/mol. The Morgan fingerprint density at radius 3 is 2.54 bits per heavy atom. The number of nitrogens with zero attached hydrogens (tertiary/aromatic N) is 1. The molecular weight excluding hydrogens is 354 g/mol. The SMILES string of the molecule is CCCCCNC(=O)c1ccc(Nc2cc(OC)c(Cl)cc2OC)cn1. The Balaban J connectivity index is 2.06. The van der Waals surface area contributed by atoms with Gasteiger partial charge in [-0.05, 0) is 18.6 Å². The lowest BCUT2D eigenvalue weighted by Gasteiger charge is -2.14. The Bertz CT molecular complexity index is 736. The predicted octanol–water partition coefficient (Wildman–Crippen LogP) is 4.42. The normalized spacial score (nSPS) is 10.3. The van der Waals surface area contributed by atoms with Gasteiger partial charge in [0.05, 0.1) is 36.8 Å². The van der Waals surface area contributed by atoms with Crippen LogP contribution in [-0.2, 0) is 0 Å². The molecule has 0 radical (unpaired) electrons. The van der Waals surface area contributed by atoms with Crippen molar-refractivity contribution in [1.82, 2.24) is 10.3 Å². The number of ether oxygens (including phenoxy) is 2. The van der Waals surface area contributed by atoms with E-state index in [0.717, 1.165) is 24.9 Å². The van der Waals surface area contributed by atoms with Crippen LogP contribution < -0.4 is 20.1 Å². The number of aromatic nitrogens is 1. The van der Waals surface area contributed by atoms with Crippen molar-refractivity contribution < 1.29 is 14.3 Å². The molecule has 0 aliphatic heterocycles. The van der Waals surface area contributed by atoms with Crippen LogP contribution in [0.2, 0.25) is 5.02 Å². The smallest absolute Gasteiger partial charge is 0.269 e. The third-order valence-corrected chi connectivity index (χ3v) is 4.11. The molecular formula is C19H24ClN3O3. The third kappa shape index (κ3) is 5.26. The van der Waals surface area contributed by atoms with Gasteiger partial charge in [0.25, 0.3) is 5.91 Å². The third-order valence-electron chi connectivity index (χ3n) is 3.81. The summed E-state index contributed by atoms with van der Waals surface area (Å²) in [6.45, 7) is 2.79. The van der Waals surface area contributed by atoms with Crippen molar-refractivity contribution in [2.24, 2.45) is 0 Å². The van der Waals surface area contributed by atoms with Crippen LogP contribution in [0.4, 0.5) is 11.4 Å². The molecule has 0 bridgehead atoms. The van der Waals surface area contributed by atoms with Crippen molar-refractivity contribution in [2.75, 3.05) is 26.1 Å². The zero-order chi connectivity index (χ0) is 18.9. The fourth-order valence-electron chi connectivity index (χ4n) is 2.38. The monoisotopic (exact) mass is 377 g/mol. The summed E-state index contributed by atoms with van der Waals surface area (Å²) < 4.78 is 10.6. The number of benzene rings is 1. The highest BCUT2D eigenvalue weighted by atomic mass is 35.5. The van der Waals surface area contributed by atoms with E-state index in [9.17, 15) is 4.79 Å². The second kappa shape index (κ2) is 9.87. The van der Waals surface area contributed by atoms with Gasteiger partial charge in [0.15, 0.2) is 0 Å². The van der Waals surface area contributed by atoms with Crippen LogP contribution in [0.3, 0.4) is 0 Å². The molecule has 0 aliphatic rings. The summed E-state index contributed by atoms with van der Waals surface area (Å²) in [5, 5.41) is 6.52. The Labute approximate surface area is 158 Å². The van der Waals surface area contributed by atoms with Gasteiger partial charge in [0.2, 0.25) is 0 Å². The van der Waals surface area contributed by atoms with Crippen LogP contribution in [0.15, 0.2) is 30.5 Å². The van der Waals surface area contributed by atoms with Gasteiger partial charge in [-0.1, -0.05) is 31.4 Å². The molecule has 0 spiro atoms. The van der Waals surface area contributed by atoms with E-state index in [1.54, 1.807) is 44.7 Å². The number of pyridine rings is 1. The first kappa shape index (κ1) is 19.8. The molecule has 1 aromatic carbocycles. The van der Waals surface area contributed by atoms with Crippen LogP contribution >= 0.6 is 11.6 Å². The molecule has 0 atom stereocenters. The number of halogens is 1. The van der Waals surface area contributed by atoms with Crippen molar-refractivity contribution in [3.8, 4) is 11.5 Å². The quantitative estimate of drug-likeness (QED) is 0.633. The summed E-state index contributed by atoms with van der Waals surface area (Å²) in [6.07, 6.45) is 4.79. The van der Waals surface area contributed by atoms with Gasteiger partial charge in [-0.2, -0.15) is 0 Å². The van der Waals surface area contributed by atoms with E-state index in [4.69, 9.17) is 21.1 Å². The first-order chi connectivity index (χ1) is 12.6. The van der Waals surface area contributed by atoms with E-state index in [2.05, 4.69) is 22.5 Å². The Hall–Kier alpha value is -2.47. The summed E-state index contributed by atoms with van der Waals surface area (Å²) in [5.74, 6) is 0.943. The molecule has 1 amide bonds. The van der Waals surface area contributed by atoms with Gasteiger partial charge in [0.1, 0.15) is 17.2 Å². The van der Waals surface area contributed by atoms with Gasteiger partial charge in [-0.15, -0.1) is 0 Å². The van der Waals surface area contributed by atoms with Crippen molar-refractivity contribution in [3.63, 3.8) is 0 Å². The van der Waals surface area contributed by atoms with Gasteiger partial charge >= 0.3 is 0 Å². The maximum atomic E-state index is 12.1. The number of carbonyl (C=O) groups is 1. The minimum Gasteiger partial charge on any atom is -0.495 e. The summed E-state index contributed by atoms with van der Waals surface area (Å²) in [7, 11) is 3.11. The molecule has 1 heterocycles. The van der Waals surface area contributed by atoms with E-state index < -0.39 is 0 Å². The van der Waals surface area contributed by atoms with E-state index in [0.29, 0.717) is 34.4 Å². The molecule has 2 aromatic rings. The molecule has 0 unspecified atom stereocenters. The number of methoxy groups -OCH3 is 2. The highest BCUT2D eigenvalue weighted by Gasteiger charge is 2.11. The maximum absolute atomic E-state index is 12.1. The Kier molecular flexibility index (Phi) is 7.53. The number of nitrogens with one attached hydrogen (secondary N) is 2. The van der Waals surface area contributed by atoms with E-state index in [1.807, 2.05) is 0 Å². The zero-order valence-electron chi connectivity index (χ0n) is 15.3. The lowest BCUT2D eigenvalue weighted by atomic mass is 10.2. The first-order valence-electron chi connectivity index (χ1n) is 8.51. The fourth-order valence-corrected chi connectivity index (χ4v) is 2.61. The van der Waals surface area contributed by atoms with Crippen molar-refractivity contribution >= 4 is 28.9 Å². The Morgan fingerprint density at radius 2 is 1.92 bits per heavy atom. The fraction of sp³-hybridized carbons (Fsp3) is 0.368. The number of unbranched alkanes of at least 4 members (excludes halogenated alkanes) is 2. The zero-order valence-corrected chi connectivity index (χ0v) is 16.0. The lowest BCUT2D eigenvalue weighted by Crippen LogP contribution is -2.25. The maximum Gasteiger partial charge on any atom is 0.269 e. The molecule has 2 N–H and O–H groups in total. The van der Waals surface area contributed by atoms with Crippen LogP contribution in [0.1, 0.15) is 36.7 Å². The minimum absolute atomic E-state index is 0.168. The standard InChI is InChI=1S/C19H24ClN3O3/c1-4-5-6-9-21-19(24)15-8-7-13(12-22-15)23-16-11-17(25-2)14(20)10-18(16)26-3/h7-8,10-12,23H,4-6,9H2,1-3H3,(H,21,24). The van der Waals surface area contributed by atoms with Crippen molar-refractivity contribution in [1.29, 1.82) is 0 Å². The van der Waals surface area contributed by atoms with Crippen molar-refractivity contribution in [2.45, 2.75) is 26.2 Å². The van der Waals surface area contributed by atoms with Gasteiger partial charge in [-0.25, -0.2) is 4.98 Å². The number of carbonyl (C=O) groups excluding carboxylic acids is 1. The number of anilines is 2. The second-order valence-electron chi connectivity index (χ2n) is 5.71. The van der Waals surface area contributed by atoms with E-state index in [1.165, 1.54) is 0 Å². The highest BCUT2D eigenvalue weighted by Crippen LogP contribution is 2.37. The summed E-state index contributed by atoms with van der Waals surface area (Å²) in [6, 6.07) is 6.88.